The lowest BCUT2D eigenvalue weighted by Gasteiger charge is -2.27. The number of furan rings is 1. The number of hydrogen-bond acceptors (Lipinski definition) is 4. The number of benzene rings is 13. The zero-order valence-electron chi connectivity index (χ0n) is 46.9. The van der Waals surface area contributed by atoms with E-state index in [4.69, 9.17) is 4.42 Å². The van der Waals surface area contributed by atoms with Crippen molar-refractivity contribution in [3.05, 3.63) is 278 Å². The highest BCUT2D eigenvalue weighted by molar-refractivity contribution is 7.26. The first-order valence-corrected chi connectivity index (χ1v) is 30.3. The van der Waals surface area contributed by atoms with Crippen LogP contribution in [0.2, 0.25) is 0 Å². The van der Waals surface area contributed by atoms with Crippen molar-refractivity contribution in [3.8, 4) is 57.1 Å². The predicted octanol–water partition coefficient (Wildman–Crippen LogP) is 21.4. The summed E-state index contributed by atoms with van der Waals surface area (Å²) in [4.78, 5) is 0. The van der Waals surface area contributed by atoms with Crippen LogP contribution in [-0.2, 0) is 0 Å². The minimum atomic E-state index is 0.333. The van der Waals surface area contributed by atoms with Gasteiger partial charge in [-0.1, -0.05) is 200 Å². The van der Waals surface area contributed by atoms with Gasteiger partial charge >= 0.3 is 0 Å². The van der Waals surface area contributed by atoms with Crippen molar-refractivity contribution in [2.24, 2.45) is 0 Å². The summed E-state index contributed by atoms with van der Waals surface area (Å²) in [5.41, 5.74) is 15.9. The van der Waals surface area contributed by atoms with E-state index in [2.05, 4.69) is 273 Å². The third-order valence-electron chi connectivity index (χ3n) is 18.4. The zero-order chi connectivity index (χ0) is 57.9. The lowest BCUT2D eigenvalue weighted by atomic mass is 9.98. The summed E-state index contributed by atoms with van der Waals surface area (Å²) in [6, 6.07) is 100. The minimum absolute atomic E-state index is 0.333. The number of hydrogen-bond donors (Lipinski definition) is 0. The summed E-state index contributed by atoms with van der Waals surface area (Å²) in [6.07, 6.45) is 0. The van der Waals surface area contributed by atoms with Gasteiger partial charge in [0.15, 0.2) is 5.58 Å². The maximum absolute atomic E-state index is 13.1. The Kier molecular flexibility index (Phi) is 10.1. The molecule has 0 radical (unpaired) electrons. The second-order valence-electron chi connectivity index (χ2n) is 22.8. The quantitative estimate of drug-likeness (QED) is 0.166. The van der Waals surface area contributed by atoms with Gasteiger partial charge in [0.25, 0.3) is 0 Å². The summed E-state index contributed by atoms with van der Waals surface area (Å²) >= 11 is 1.75. The molecule has 0 saturated heterocycles. The van der Waals surface area contributed by atoms with Crippen LogP contribution >= 0.6 is 11.3 Å². The van der Waals surface area contributed by atoms with Crippen LogP contribution in [0.4, 0.5) is 0 Å². The molecule has 0 aliphatic rings. The topological polar surface area (TPSA) is 80.4 Å². The van der Waals surface area contributed by atoms with E-state index in [0.717, 1.165) is 146 Å². The molecule has 0 saturated carbocycles. The first-order chi connectivity index (χ1) is 43.6. The molecule has 6 aromatic heterocycles. The molecule has 8 heteroatoms. The van der Waals surface area contributed by atoms with Crippen LogP contribution in [-0.4, -0.2) is 18.3 Å². The molecule has 7 nitrogen and oxygen atoms in total. The minimum Gasteiger partial charge on any atom is -0.454 e. The fourth-order valence-corrected chi connectivity index (χ4v) is 16.0. The molecule has 0 unspecified atom stereocenters. The normalized spacial score (nSPS) is 12.1. The molecular weight excluding hydrogens is 1090 g/mol. The van der Waals surface area contributed by atoms with E-state index in [1.807, 2.05) is 24.3 Å². The van der Waals surface area contributed by atoms with Crippen LogP contribution in [0.1, 0.15) is 11.1 Å². The molecule has 19 rings (SSSR count). The van der Waals surface area contributed by atoms with Gasteiger partial charge in [0, 0.05) is 69.3 Å². The maximum atomic E-state index is 13.1. The SMILES string of the molecule is N#Cc1c(-n2c3ccccc3c3ccccc32)c(-n2c3ccc(-c4ccccc4)cc3c3ccc4c5ccccc5oc4c32)c(-n2c3ccccc3c3ccccc32)c(C#N)c1-n1c2ccc(-c3ccccc3)cc2c2ccc3c4ccccc4sc3c21. The average Bonchev–Trinajstić information content (AvgIpc) is 1.48. The lowest BCUT2D eigenvalue weighted by Crippen LogP contribution is -2.17. The van der Waals surface area contributed by atoms with Crippen LogP contribution in [0.15, 0.2) is 271 Å². The zero-order valence-corrected chi connectivity index (χ0v) is 47.7. The molecule has 88 heavy (non-hydrogen) atoms. The molecule has 0 amide bonds. The second-order valence-corrected chi connectivity index (χ2v) is 23.9. The molecule has 6 heterocycles. The Balaban J connectivity index is 1.12. The Bertz CT molecular complexity index is 6070. The number of para-hydroxylation sites is 5. The number of thiophene rings is 1. The summed E-state index contributed by atoms with van der Waals surface area (Å²) in [7, 11) is 0. The van der Waals surface area contributed by atoms with Crippen molar-refractivity contribution in [1.82, 2.24) is 18.3 Å². The van der Waals surface area contributed by atoms with Crippen LogP contribution in [0, 0.1) is 22.7 Å². The van der Waals surface area contributed by atoms with E-state index in [9.17, 15) is 10.5 Å². The molecule has 19 aromatic rings. The van der Waals surface area contributed by atoms with E-state index in [0.29, 0.717) is 39.5 Å². The van der Waals surface area contributed by atoms with Crippen LogP contribution < -0.4 is 0 Å². The van der Waals surface area contributed by atoms with Crippen molar-refractivity contribution >= 4 is 141 Å². The number of fused-ring (bicyclic) bond motifs is 20. The number of nitrogens with zero attached hydrogens (tertiary/aromatic N) is 6. The first kappa shape index (κ1) is 48.4. The van der Waals surface area contributed by atoms with Crippen LogP contribution in [0.5, 0.6) is 0 Å². The smallest absolute Gasteiger partial charge is 0.160 e. The average molecular weight is 1140 g/mol. The van der Waals surface area contributed by atoms with E-state index >= 15 is 0 Å². The summed E-state index contributed by atoms with van der Waals surface area (Å²) in [5.74, 6) is 0. The fourth-order valence-electron chi connectivity index (χ4n) is 14.8. The number of nitriles is 2. The van der Waals surface area contributed by atoms with Crippen LogP contribution in [0.3, 0.4) is 0 Å². The standard InChI is InChI=1S/C80H44N6OS/c81-45-63-73(85-69-41-35-50(48-21-5-2-6-22-48)44-62(69)58-38-40-60-56-28-12-18-34-72(56)88-80(60)77(58)85)64(46-82)75(84-67-31-15-9-25-53(67)54-26-10-16-32-68(54)84)78(74(63)83-65-29-13-7-23-51(65)52-24-8-14-30-66(52)83)86-70-42-36-49(47-19-3-1-4-20-47)43-61(70)57-37-39-59-55-27-11-17-33-71(55)87-79(59)76(57)86/h1-44H. The Morgan fingerprint density at radius 2 is 0.693 bits per heavy atom. The number of aromatic nitrogens is 4. The molecule has 0 spiro atoms. The molecule has 406 valence electrons. The maximum Gasteiger partial charge on any atom is 0.160 e. The highest BCUT2D eigenvalue weighted by Crippen LogP contribution is 2.52. The highest BCUT2D eigenvalue weighted by Gasteiger charge is 2.36. The van der Waals surface area contributed by atoms with Gasteiger partial charge in [-0.15, -0.1) is 11.3 Å². The highest BCUT2D eigenvalue weighted by atomic mass is 32.1. The van der Waals surface area contributed by atoms with Crippen molar-refractivity contribution in [2.75, 3.05) is 0 Å². The number of rotatable bonds is 6. The Labute approximate surface area is 506 Å². The molecule has 0 N–H and O–H groups in total. The molecular formula is C80H44N6OS. The van der Waals surface area contributed by atoms with Crippen molar-refractivity contribution in [2.45, 2.75) is 0 Å². The van der Waals surface area contributed by atoms with E-state index in [1.165, 1.54) is 0 Å². The van der Waals surface area contributed by atoms with Crippen LogP contribution in [0.25, 0.3) is 174 Å². The van der Waals surface area contributed by atoms with Gasteiger partial charge in [0.2, 0.25) is 0 Å². The van der Waals surface area contributed by atoms with Gasteiger partial charge in [-0.2, -0.15) is 10.5 Å². The van der Waals surface area contributed by atoms with Crippen molar-refractivity contribution in [1.29, 1.82) is 10.5 Å². The summed E-state index contributed by atoms with van der Waals surface area (Å²) in [6.45, 7) is 0. The molecule has 0 fully saturated rings. The monoisotopic (exact) mass is 1140 g/mol. The molecule has 0 bridgehead atoms. The van der Waals surface area contributed by atoms with Crippen molar-refractivity contribution in [3.63, 3.8) is 0 Å². The Hall–Kier alpha value is -11.9. The third-order valence-corrected chi connectivity index (χ3v) is 19.6. The molecule has 13 aromatic carbocycles. The Morgan fingerprint density at radius 3 is 1.22 bits per heavy atom. The molecule has 0 aliphatic carbocycles. The summed E-state index contributed by atoms with van der Waals surface area (Å²) < 4.78 is 18.7. The van der Waals surface area contributed by atoms with Crippen molar-refractivity contribution < 1.29 is 4.42 Å². The van der Waals surface area contributed by atoms with E-state index in [1.54, 1.807) is 11.3 Å². The second kappa shape index (κ2) is 18.3. The van der Waals surface area contributed by atoms with E-state index in [-0.39, 0.29) is 0 Å². The molecule has 0 atom stereocenters. The lowest BCUT2D eigenvalue weighted by molar-refractivity contribution is 0.671. The Morgan fingerprint density at radius 1 is 0.284 bits per heavy atom. The van der Waals surface area contributed by atoms with Gasteiger partial charge in [0.1, 0.15) is 28.8 Å². The van der Waals surface area contributed by atoms with Gasteiger partial charge in [-0.05, 0) is 89.0 Å². The van der Waals surface area contributed by atoms with Gasteiger partial charge in [0.05, 0.1) is 71.6 Å². The predicted molar refractivity (Wildman–Crippen MR) is 364 cm³/mol. The van der Waals surface area contributed by atoms with Gasteiger partial charge < -0.3 is 22.7 Å². The third kappa shape index (κ3) is 6.53. The van der Waals surface area contributed by atoms with Gasteiger partial charge in [-0.3, -0.25) is 0 Å². The largest absolute Gasteiger partial charge is 0.454 e. The summed E-state index contributed by atoms with van der Waals surface area (Å²) in [5, 5.41) is 38.4. The van der Waals surface area contributed by atoms with Gasteiger partial charge in [-0.25, -0.2) is 0 Å². The van der Waals surface area contributed by atoms with E-state index < -0.39 is 0 Å². The molecule has 0 aliphatic heterocycles. The fraction of sp³-hybridized carbons (Fsp3) is 0. The first-order valence-electron chi connectivity index (χ1n) is 29.5.